The van der Waals surface area contributed by atoms with E-state index >= 15 is 0 Å². The van der Waals surface area contributed by atoms with Gasteiger partial charge in [0.05, 0.1) is 17.2 Å². The molecule has 0 fully saturated rings. The quantitative estimate of drug-likeness (QED) is 0.467. The normalized spacial score (nSPS) is 12.9. The Kier molecular flexibility index (Phi) is 5.90. The van der Waals surface area contributed by atoms with E-state index in [1.165, 1.54) is 24.3 Å². The number of non-ortho nitro benzene ring substituents is 1. The predicted molar refractivity (Wildman–Crippen MR) is 105 cm³/mol. The van der Waals surface area contributed by atoms with E-state index in [0.29, 0.717) is 23.4 Å². The zero-order valence-electron chi connectivity index (χ0n) is 15.7. The smallest absolute Gasteiger partial charge is 0.270 e. The van der Waals surface area contributed by atoms with E-state index in [9.17, 15) is 14.9 Å². The molecule has 1 N–H and O–H groups in total. The second-order valence-corrected chi connectivity index (χ2v) is 6.28. The summed E-state index contributed by atoms with van der Waals surface area (Å²) in [4.78, 5) is 23.0. The predicted octanol–water partition coefficient (Wildman–Crippen LogP) is 3.34. The van der Waals surface area contributed by atoms with Crippen molar-refractivity contribution >= 4 is 23.4 Å². The van der Waals surface area contributed by atoms with Crippen LogP contribution in [0.5, 0.6) is 5.75 Å². The lowest BCUT2D eigenvalue weighted by molar-refractivity contribution is -0.385. The van der Waals surface area contributed by atoms with Gasteiger partial charge in [-0.15, -0.1) is 0 Å². The first-order valence-electron chi connectivity index (χ1n) is 8.82. The highest BCUT2D eigenvalue weighted by Gasteiger charge is 2.20. The minimum atomic E-state index is -0.484. The van der Waals surface area contributed by atoms with Crippen molar-refractivity contribution in [3.8, 4) is 5.75 Å². The first kappa shape index (κ1) is 19.4. The molecule has 1 heterocycles. The number of fused-ring (bicyclic) bond motifs is 1. The maximum absolute atomic E-state index is 12.4. The second kappa shape index (κ2) is 8.53. The third kappa shape index (κ3) is 4.47. The second-order valence-electron chi connectivity index (χ2n) is 6.28. The van der Waals surface area contributed by atoms with E-state index in [4.69, 9.17) is 9.47 Å². The Labute approximate surface area is 162 Å². The molecule has 0 saturated heterocycles. The maximum Gasteiger partial charge on any atom is 0.270 e. The van der Waals surface area contributed by atoms with Crippen LogP contribution < -0.4 is 15.2 Å². The molecule has 2 aromatic carbocycles. The van der Waals surface area contributed by atoms with Crippen LogP contribution in [0.1, 0.15) is 23.6 Å². The van der Waals surface area contributed by atoms with Crippen molar-refractivity contribution in [2.24, 2.45) is 0 Å². The third-order valence-corrected chi connectivity index (χ3v) is 4.26. The molecule has 1 amide bonds. The number of nitro groups is 1. The van der Waals surface area contributed by atoms with Gasteiger partial charge < -0.3 is 9.47 Å². The molecule has 1 aliphatic heterocycles. The lowest BCUT2D eigenvalue weighted by Crippen LogP contribution is -2.41. The molecule has 2 aromatic rings. The number of hydrogen-bond donors (Lipinski definition) is 1. The fourth-order valence-corrected chi connectivity index (χ4v) is 2.85. The van der Waals surface area contributed by atoms with E-state index in [0.717, 1.165) is 11.3 Å². The summed E-state index contributed by atoms with van der Waals surface area (Å²) in [6, 6.07) is 10.6. The summed E-state index contributed by atoms with van der Waals surface area (Å²) in [5, 5.41) is 12.9. The molecular weight excluding hydrogens is 362 g/mol. The molecule has 0 aliphatic carbocycles. The molecular formula is C20H21N3O5. The molecule has 8 heteroatoms. The fraction of sp³-hybridized carbons (Fsp3) is 0.250. The van der Waals surface area contributed by atoms with Crippen molar-refractivity contribution in [2.75, 3.05) is 18.3 Å². The number of nitrogens with zero attached hydrogens (tertiary/aromatic N) is 2. The van der Waals surface area contributed by atoms with E-state index in [1.807, 2.05) is 38.1 Å². The van der Waals surface area contributed by atoms with Gasteiger partial charge >= 0.3 is 0 Å². The Morgan fingerprint density at radius 3 is 2.75 bits per heavy atom. The minimum absolute atomic E-state index is 0.0644. The van der Waals surface area contributed by atoms with Crippen LogP contribution in [0.3, 0.4) is 0 Å². The van der Waals surface area contributed by atoms with Crippen LogP contribution in [0.15, 0.2) is 42.5 Å². The molecule has 146 valence electrons. The maximum atomic E-state index is 12.4. The number of aryl methyl sites for hydroxylation is 1. The Morgan fingerprint density at radius 1 is 1.32 bits per heavy atom. The highest BCUT2D eigenvalue weighted by Crippen LogP contribution is 2.33. The van der Waals surface area contributed by atoms with E-state index in [-0.39, 0.29) is 25.0 Å². The number of carbonyl (C=O) groups excluding carboxylic acids is 1. The number of amides is 1. The van der Waals surface area contributed by atoms with Crippen molar-refractivity contribution in [3.63, 3.8) is 0 Å². The summed E-state index contributed by atoms with van der Waals surface area (Å²) in [6.07, 6.45) is 2.84. The molecule has 28 heavy (non-hydrogen) atoms. The van der Waals surface area contributed by atoms with Gasteiger partial charge in [0.25, 0.3) is 11.6 Å². The summed E-state index contributed by atoms with van der Waals surface area (Å²) in [7, 11) is 0. The van der Waals surface area contributed by atoms with Gasteiger partial charge in [0.1, 0.15) is 5.75 Å². The first-order valence-corrected chi connectivity index (χ1v) is 8.82. The average molecular weight is 383 g/mol. The van der Waals surface area contributed by atoms with Crippen LogP contribution in [0, 0.1) is 17.0 Å². The molecule has 0 unspecified atom stereocenters. The summed E-state index contributed by atoms with van der Waals surface area (Å²) in [6.45, 7) is 4.79. The lowest BCUT2D eigenvalue weighted by Gasteiger charge is -2.23. The topological polar surface area (TPSA) is 93.9 Å². The highest BCUT2D eigenvalue weighted by atomic mass is 16.7. The number of benzene rings is 2. The van der Waals surface area contributed by atoms with E-state index in [1.54, 1.807) is 5.01 Å². The number of ether oxygens (including phenoxy) is 2. The van der Waals surface area contributed by atoms with Gasteiger partial charge in [-0.25, -0.2) is 0 Å². The van der Waals surface area contributed by atoms with Crippen LogP contribution in [-0.2, 0) is 16.1 Å². The van der Waals surface area contributed by atoms with Crippen molar-refractivity contribution in [1.29, 1.82) is 0 Å². The standard InChI is InChI=1S/C20H21N3O5/c1-3-22(17-7-4-14(2)5-8-17)21-19(24)9-6-15-10-18(23(25)26)11-16-12-27-13-28-20(15)16/h4-11H,3,12-13H2,1-2H3,(H,21,24)/b9-6+. The molecule has 1 aliphatic rings. The molecule has 0 saturated carbocycles. The monoisotopic (exact) mass is 383 g/mol. The number of nitrogens with one attached hydrogen (secondary N) is 1. The Bertz CT molecular complexity index is 909. The minimum Gasteiger partial charge on any atom is -0.467 e. The average Bonchev–Trinajstić information content (AvgIpc) is 2.70. The number of carbonyl (C=O) groups is 1. The molecule has 0 atom stereocenters. The Balaban J connectivity index is 1.78. The van der Waals surface area contributed by atoms with Gasteiger partial charge in [0.15, 0.2) is 6.79 Å². The van der Waals surface area contributed by atoms with Gasteiger partial charge in [-0.1, -0.05) is 17.7 Å². The van der Waals surface area contributed by atoms with Crippen molar-refractivity contribution in [3.05, 3.63) is 69.3 Å². The summed E-state index contributed by atoms with van der Waals surface area (Å²) < 4.78 is 10.6. The van der Waals surface area contributed by atoms with Crippen molar-refractivity contribution in [2.45, 2.75) is 20.5 Å². The van der Waals surface area contributed by atoms with Crippen molar-refractivity contribution < 1.29 is 19.2 Å². The summed E-state index contributed by atoms with van der Waals surface area (Å²) in [5.74, 6) is 0.140. The van der Waals surface area contributed by atoms with E-state index < -0.39 is 4.92 Å². The lowest BCUT2D eigenvalue weighted by atomic mass is 10.1. The van der Waals surface area contributed by atoms with Gasteiger partial charge in [-0.2, -0.15) is 0 Å². The Morgan fingerprint density at radius 2 is 2.07 bits per heavy atom. The van der Waals surface area contributed by atoms with E-state index in [2.05, 4.69) is 5.43 Å². The number of hydrogen-bond acceptors (Lipinski definition) is 6. The first-order chi connectivity index (χ1) is 13.5. The number of rotatable bonds is 6. The number of nitro benzene ring substituents is 1. The Hall–Kier alpha value is -3.39. The molecule has 3 rings (SSSR count). The zero-order chi connectivity index (χ0) is 20.1. The van der Waals surface area contributed by atoms with Gasteiger partial charge in [-0.3, -0.25) is 25.3 Å². The van der Waals surface area contributed by atoms with Crippen molar-refractivity contribution in [1.82, 2.24) is 5.43 Å². The van der Waals surface area contributed by atoms with Crippen LogP contribution >= 0.6 is 0 Å². The summed E-state index contributed by atoms with van der Waals surface area (Å²) in [5.41, 5.74) is 5.75. The van der Waals surface area contributed by atoms with Gasteiger partial charge in [0, 0.05) is 35.9 Å². The molecule has 0 bridgehead atoms. The molecule has 0 radical (unpaired) electrons. The SMILES string of the molecule is CCN(NC(=O)/C=C/c1cc([N+](=O)[O-])cc2c1OCOC2)c1ccc(C)cc1. The molecule has 0 aromatic heterocycles. The molecule has 8 nitrogen and oxygen atoms in total. The largest absolute Gasteiger partial charge is 0.467 e. The number of anilines is 1. The van der Waals surface area contributed by atoms with Crippen LogP contribution in [-0.4, -0.2) is 24.2 Å². The van der Waals surface area contributed by atoms with Crippen LogP contribution in [0.2, 0.25) is 0 Å². The van der Waals surface area contributed by atoms with Crippen LogP contribution in [0.25, 0.3) is 6.08 Å². The highest BCUT2D eigenvalue weighted by molar-refractivity contribution is 5.93. The fourth-order valence-electron chi connectivity index (χ4n) is 2.85. The summed E-state index contributed by atoms with van der Waals surface area (Å²) >= 11 is 0. The molecule has 0 spiro atoms. The third-order valence-electron chi connectivity index (χ3n) is 4.26. The zero-order valence-corrected chi connectivity index (χ0v) is 15.7. The van der Waals surface area contributed by atoms with Crippen LogP contribution in [0.4, 0.5) is 11.4 Å². The number of hydrazine groups is 1. The van der Waals surface area contributed by atoms with Gasteiger partial charge in [0.2, 0.25) is 0 Å². The van der Waals surface area contributed by atoms with Gasteiger partial charge in [-0.05, 0) is 32.1 Å².